The predicted molar refractivity (Wildman–Crippen MR) is 91.0 cm³/mol. The molecule has 3 rings (SSSR count). The summed E-state index contributed by atoms with van der Waals surface area (Å²) >= 11 is 0. The van der Waals surface area contributed by atoms with E-state index < -0.39 is 21.4 Å². The highest BCUT2D eigenvalue weighted by atomic mass is 32.2. The molecule has 0 unspecified atom stereocenters. The van der Waals surface area contributed by atoms with E-state index in [0.717, 1.165) is 12.5 Å². The van der Waals surface area contributed by atoms with E-state index in [2.05, 4.69) is 9.71 Å². The molecule has 132 valence electrons. The first-order valence-electron chi connectivity index (χ1n) is 7.34. The summed E-state index contributed by atoms with van der Waals surface area (Å²) in [5.41, 5.74) is -0.506. The van der Waals surface area contributed by atoms with E-state index in [4.69, 9.17) is 4.74 Å². The van der Waals surface area contributed by atoms with Crippen LogP contribution in [0.1, 0.15) is 13.8 Å². The van der Waals surface area contributed by atoms with Gasteiger partial charge in [-0.1, -0.05) is 0 Å². The molecule has 0 radical (unpaired) electrons. The monoisotopic (exact) mass is 365 g/mol. The fourth-order valence-corrected chi connectivity index (χ4v) is 3.04. The highest BCUT2D eigenvalue weighted by Gasteiger charge is 2.42. The number of benzene rings is 1. The highest BCUT2D eigenvalue weighted by Crippen LogP contribution is 2.42. The Kier molecular flexibility index (Phi) is 3.91. The number of ether oxygens (including phenoxy) is 1. The fourth-order valence-electron chi connectivity index (χ4n) is 2.48. The lowest BCUT2D eigenvalue weighted by molar-refractivity contribution is -0.131. The lowest BCUT2D eigenvalue weighted by Crippen LogP contribution is -2.50. The average Bonchev–Trinajstić information content (AvgIpc) is 2.48. The van der Waals surface area contributed by atoms with Gasteiger partial charge in [-0.3, -0.25) is 14.4 Å². The molecule has 0 saturated carbocycles. The Morgan fingerprint density at radius 2 is 1.96 bits per heavy atom. The molecule has 1 aliphatic heterocycles. The van der Waals surface area contributed by atoms with Gasteiger partial charge in [0, 0.05) is 6.07 Å². The number of pyridine rings is 1. The van der Waals surface area contributed by atoms with Crippen LogP contribution in [-0.2, 0) is 14.8 Å². The van der Waals surface area contributed by atoms with E-state index in [1.54, 1.807) is 19.9 Å². The zero-order valence-corrected chi connectivity index (χ0v) is 14.6. The van der Waals surface area contributed by atoms with Crippen LogP contribution in [-0.4, -0.2) is 31.2 Å². The largest absolute Gasteiger partial charge is 0.476 e. The number of rotatable bonds is 3. The van der Waals surface area contributed by atoms with E-state index >= 15 is 0 Å². The summed E-state index contributed by atoms with van der Waals surface area (Å²) in [6.45, 7) is 3.18. The molecule has 1 amide bonds. The van der Waals surface area contributed by atoms with Gasteiger partial charge in [-0.25, -0.2) is 17.8 Å². The Labute approximate surface area is 144 Å². The molecule has 1 N–H and O–H groups in total. The Morgan fingerprint density at radius 3 is 2.56 bits per heavy atom. The van der Waals surface area contributed by atoms with Gasteiger partial charge in [0.15, 0.2) is 5.60 Å². The molecule has 2 aromatic rings. The summed E-state index contributed by atoms with van der Waals surface area (Å²) in [6.07, 6.45) is 2.06. The highest BCUT2D eigenvalue weighted by molar-refractivity contribution is 7.92. The number of aromatic nitrogens is 1. The minimum Gasteiger partial charge on any atom is -0.476 e. The third-order valence-corrected chi connectivity index (χ3v) is 4.13. The second-order valence-electron chi connectivity index (χ2n) is 6.14. The summed E-state index contributed by atoms with van der Waals surface area (Å²) in [4.78, 5) is 18.0. The van der Waals surface area contributed by atoms with Crippen LogP contribution in [0.4, 0.5) is 21.6 Å². The summed E-state index contributed by atoms with van der Waals surface area (Å²) in [5, 5.41) is 0. The first-order chi connectivity index (χ1) is 11.6. The lowest BCUT2D eigenvalue weighted by atomic mass is 10.0. The van der Waals surface area contributed by atoms with Crippen molar-refractivity contribution in [3.05, 3.63) is 42.3 Å². The third kappa shape index (κ3) is 3.41. The van der Waals surface area contributed by atoms with E-state index in [1.807, 2.05) is 0 Å². The Bertz CT molecular complexity index is 942. The van der Waals surface area contributed by atoms with Gasteiger partial charge in [-0.05, 0) is 38.1 Å². The van der Waals surface area contributed by atoms with Crippen molar-refractivity contribution < 1.29 is 22.3 Å². The normalized spacial score (nSPS) is 16.2. The van der Waals surface area contributed by atoms with Crippen LogP contribution in [0.25, 0.3) is 0 Å². The molecule has 0 bridgehead atoms. The minimum atomic E-state index is -3.45. The number of nitrogens with zero attached hydrogens (tertiary/aromatic N) is 2. The van der Waals surface area contributed by atoms with Gasteiger partial charge in [-0.2, -0.15) is 0 Å². The zero-order chi connectivity index (χ0) is 18.4. The van der Waals surface area contributed by atoms with Gasteiger partial charge in [0.2, 0.25) is 10.0 Å². The number of carbonyl (C=O) groups excluding carboxylic acids is 1. The van der Waals surface area contributed by atoms with Gasteiger partial charge in [-0.15, -0.1) is 0 Å². The number of anilines is 3. The van der Waals surface area contributed by atoms with Crippen LogP contribution in [0.15, 0.2) is 36.5 Å². The lowest BCUT2D eigenvalue weighted by Gasteiger charge is -2.38. The minimum absolute atomic E-state index is 0.243. The van der Waals surface area contributed by atoms with E-state index in [0.29, 0.717) is 17.1 Å². The van der Waals surface area contributed by atoms with E-state index in [1.165, 1.54) is 29.2 Å². The number of halogens is 1. The molecule has 0 fully saturated rings. The molecule has 2 heterocycles. The second-order valence-corrected chi connectivity index (χ2v) is 7.89. The van der Waals surface area contributed by atoms with Gasteiger partial charge >= 0.3 is 0 Å². The smallest absolute Gasteiger partial charge is 0.276 e. The van der Waals surface area contributed by atoms with Crippen molar-refractivity contribution in [2.45, 2.75) is 19.4 Å². The SMILES string of the molecule is CC1(C)Oc2cc(NS(C)(=O)=O)ccc2N(c2ccc(F)cn2)C1=O. The molecule has 0 aliphatic carbocycles. The molecule has 0 saturated heterocycles. The number of sulfonamides is 1. The van der Waals surface area contributed by atoms with Crippen molar-refractivity contribution in [3.8, 4) is 5.75 Å². The standard InChI is InChI=1S/C16H16FN3O4S/c1-16(2)15(21)20(14-7-4-10(17)9-18-14)12-6-5-11(8-13(12)24-16)19-25(3,22)23/h4-9,19H,1-3H3. The Balaban J connectivity index is 2.11. The van der Waals surface area contributed by atoms with Crippen molar-refractivity contribution >= 4 is 33.1 Å². The van der Waals surface area contributed by atoms with Gasteiger partial charge in [0.25, 0.3) is 5.91 Å². The molecule has 1 aromatic heterocycles. The van der Waals surface area contributed by atoms with Gasteiger partial charge in [0.05, 0.1) is 23.8 Å². The number of amides is 1. The fraction of sp³-hybridized carbons (Fsp3) is 0.250. The number of fused-ring (bicyclic) bond motifs is 1. The van der Waals surface area contributed by atoms with Crippen LogP contribution in [0.2, 0.25) is 0 Å². The maximum absolute atomic E-state index is 13.2. The average molecular weight is 365 g/mol. The Hall–Kier alpha value is -2.68. The molecule has 1 aliphatic rings. The molecule has 0 spiro atoms. The predicted octanol–water partition coefficient (Wildman–Crippen LogP) is 2.43. The number of nitrogens with one attached hydrogen (secondary N) is 1. The molecular weight excluding hydrogens is 349 g/mol. The Morgan fingerprint density at radius 1 is 1.24 bits per heavy atom. The second kappa shape index (κ2) is 5.69. The summed E-state index contributed by atoms with van der Waals surface area (Å²) in [5.74, 6) is -0.336. The molecule has 1 aromatic carbocycles. The van der Waals surface area contributed by atoms with Gasteiger partial charge < -0.3 is 4.74 Å². The van der Waals surface area contributed by atoms with Crippen LogP contribution in [0, 0.1) is 5.82 Å². The first kappa shape index (κ1) is 17.2. The summed E-state index contributed by atoms with van der Waals surface area (Å²) in [6, 6.07) is 7.13. The number of hydrogen-bond donors (Lipinski definition) is 1. The molecule has 7 nitrogen and oxygen atoms in total. The van der Waals surface area contributed by atoms with E-state index in [9.17, 15) is 17.6 Å². The van der Waals surface area contributed by atoms with E-state index in [-0.39, 0.29) is 11.7 Å². The quantitative estimate of drug-likeness (QED) is 0.902. The maximum atomic E-state index is 13.2. The van der Waals surface area contributed by atoms with Crippen LogP contribution in [0.3, 0.4) is 0 Å². The molecule has 9 heteroatoms. The number of carbonyl (C=O) groups is 1. The third-order valence-electron chi connectivity index (χ3n) is 3.53. The van der Waals surface area contributed by atoms with Crippen LogP contribution in [0.5, 0.6) is 5.75 Å². The first-order valence-corrected chi connectivity index (χ1v) is 9.23. The van der Waals surface area contributed by atoms with Gasteiger partial charge in [0.1, 0.15) is 17.4 Å². The zero-order valence-electron chi connectivity index (χ0n) is 13.8. The maximum Gasteiger partial charge on any atom is 0.276 e. The van der Waals surface area contributed by atoms with Crippen molar-refractivity contribution in [1.82, 2.24) is 4.98 Å². The molecular formula is C16H16FN3O4S. The summed E-state index contributed by atoms with van der Waals surface area (Å²) in [7, 11) is -3.45. The number of hydrogen-bond acceptors (Lipinski definition) is 5. The van der Waals surface area contributed by atoms with Crippen LogP contribution >= 0.6 is 0 Å². The van der Waals surface area contributed by atoms with Crippen LogP contribution < -0.4 is 14.4 Å². The summed E-state index contributed by atoms with van der Waals surface area (Å²) < 4.78 is 44.1. The van der Waals surface area contributed by atoms with Crippen molar-refractivity contribution in [2.24, 2.45) is 0 Å². The van der Waals surface area contributed by atoms with Crippen molar-refractivity contribution in [1.29, 1.82) is 0 Å². The molecule has 25 heavy (non-hydrogen) atoms. The van der Waals surface area contributed by atoms with Crippen molar-refractivity contribution in [2.75, 3.05) is 15.9 Å². The topological polar surface area (TPSA) is 88.6 Å². The van der Waals surface area contributed by atoms with Crippen molar-refractivity contribution in [3.63, 3.8) is 0 Å². The molecule has 0 atom stereocenters.